The van der Waals surface area contributed by atoms with Gasteiger partial charge in [-0.25, -0.2) is 4.79 Å². The second kappa shape index (κ2) is 7.28. The van der Waals surface area contributed by atoms with Gasteiger partial charge in [0.25, 0.3) is 5.91 Å². The van der Waals surface area contributed by atoms with Crippen LogP contribution < -0.4 is 9.97 Å². The molecule has 2 aromatic carbocycles. The molecule has 9 heteroatoms. The highest BCUT2D eigenvalue weighted by Crippen LogP contribution is 2.30. The zero-order valence-corrected chi connectivity index (χ0v) is 13.5. The number of amides is 1. The molecule has 0 aliphatic carbocycles. The fourth-order valence-electron chi connectivity index (χ4n) is 2.78. The Balaban J connectivity index is 1.80. The third-order valence-electron chi connectivity index (χ3n) is 4.03. The maximum absolute atomic E-state index is 12.4. The lowest BCUT2D eigenvalue weighted by molar-refractivity contribution is -0.115. The smallest absolute Gasteiger partial charge is 0.534 e. The van der Waals surface area contributed by atoms with E-state index in [0.29, 0.717) is 11.1 Å². The number of para-hydroxylation sites is 1. The van der Waals surface area contributed by atoms with Gasteiger partial charge in [-0.3, -0.25) is 4.79 Å². The molecule has 0 aromatic heterocycles. The highest BCUT2D eigenvalue weighted by molar-refractivity contribution is 6.50. The van der Waals surface area contributed by atoms with E-state index in [9.17, 15) is 19.7 Å². The van der Waals surface area contributed by atoms with Crippen LogP contribution in [-0.4, -0.2) is 46.0 Å². The van der Waals surface area contributed by atoms with E-state index in [0.717, 1.165) is 0 Å². The first kappa shape index (κ1) is 17.5. The predicted octanol–water partition coefficient (Wildman–Crippen LogP) is 0.703. The van der Waals surface area contributed by atoms with Crippen molar-refractivity contribution >= 4 is 24.7 Å². The quantitative estimate of drug-likeness (QED) is 0.277. The van der Waals surface area contributed by atoms with Crippen molar-refractivity contribution in [3.8, 4) is 5.75 Å². The van der Waals surface area contributed by atoms with Crippen molar-refractivity contribution in [2.75, 3.05) is 0 Å². The van der Waals surface area contributed by atoms with Crippen LogP contribution in [0.2, 0.25) is 0 Å². The van der Waals surface area contributed by atoms with Crippen LogP contribution in [0.25, 0.3) is 0 Å². The number of carboxylic acids is 1. The molecule has 1 atom stereocenters. The van der Waals surface area contributed by atoms with Crippen LogP contribution in [0.15, 0.2) is 53.7 Å². The molecule has 1 unspecified atom stereocenters. The Morgan fingerprint density at radius 2 is 1.88 bits per heavy atom. The number of carboxylic acid groups (broad SMARTS) is 1. The second-order valence-corrected chi connectivity index (χ2v) is 5.71. The van der Waals surface area contributed by atoms with E-state index in [1.165, 1.54) is 6.07 Å². The van der Waals surface area contributed by atoms with Crippen LogP contribution in [0.4, 0.5) is 0 Å². The van der Waals surface area contributed by atoms with Crippen LogP contribution >= 0.6 is 0 Å². The van der Waals surface area contributed by atoms with Crippen LogP contribution in [-0.2, 0) is 11.2 Å². The van der Waals surface area contributed by atoms with E-state index < -0.39 is 24.9 Å². The molecule has 0 radical (unpaired) electrons. The van der Waals surface area contributed by atoms with Gasteiger partial charge >= 0.3 is 13.1 Å². The first-order valence-corrected chi connectivity index (χ1v) is 7.79. The first-order chi connectivity index (χ1) is 12.5. The van der Waals surface area contributed by atoms with E-state index in [4.69, 9.17) is 9.86 Å². The van der Waals surface area contributed by atoms with Gasteiger partial charge in [-0.05, 0) is 18.1 Å². The molecular weight excluding hydrogens is 339 g/mol. The van der Waals surface area contributed by atoms with Gasteiger partial charge in [-0.2, -0.15) is 0 Å². The zero-order chi connectivity index (χ0) is 18.7. The molecule has 3 rings (SSSR count). The molecule has 0 fully saturated rings. The van der Waals surface area contributed by atoms with Gasteiger partial charge in [0.2, 0.25) is 0 Å². The number of carbonyl (C=O) groups is 2. The molecule has 1 aliphatic heterocycles. The molecule has 2 aromatic rings. The minimum absolute atomic E-state index is 0.0618. The van der Waals surface area contributed by atoms with Gasteiger partial charge in [-0.1, -0.05) is 47.6 Å². The van der Waals surface area contributed by atoms with Crippen molar-refractivity contribution in [1.29, 1.82) is 0 Å². The van der Waals surface area contributed by atoms with Gasteiger partial charge in [0.15, 0.2) is 5.71 Å². The van der Waals surface area contributed by atoms with Crippen LogP contribution in [0, 0.1) is 0 Å². The molecule has 1 heterocycles. The summed E-state index contributed by atoms with van der Waals surface area (Å²) in [6.45, 7) is 0. The number of oxime groups is 1. The largest absolute Gasteiger partial charge is 0.547 e. The van der Waals surface area contributed by atoms with Crippen LogP contribution in [0.1, 0.15) is 21.5 Å². The molecule has 0 saturated carbocycles. The van der Waals surface area contributed by atoms with Crippen molar-refractivity contribution in [1.82, 2.24) is 5.32 Å². The molecule has 1 aliphatic rings. The van der Waals surface area contributed by atoms with Gasteiger partial charge in [0.1, 0.15) is 5.75 Å². The van der Waals surface area contributed by atoms with E-state index >= 15 is 0 Å². The molecule has 26 heavy (non-hydrogen) atoms. The highest BCUT2D eigenvalue weighted by atomic mass is 16.5. The fourth-order valence-corrected chi connectivity index (χ4v) is 2.78. The average Bonchev–Trinajstić information content (AvgIpc) is 2.63. The number of carbonyl (C=O) groups excluding carboxylic acids is 1. The SMILES string of the molecule is O=C(NC1Cc2cccc(C(=O)O)c2OB1O)C(=NO)c1ccccc1. The molecule has 0 saturated heterocycles. The standard InChI is InChI=1S/C17H15BN2O6/c21-16(14(20-25)10-5-2-1-3-6-10)19-13-9-11-7-4-8-12(17(22)23)15(11)26-18(13)24/h1-8,13,24-25H,9H2,(H,19,21)(H,22,23). The van der Waals surface area contributed by atoms with Gasteiger partial charge < -0.3 is 25.3 Å². The summed E-state index contributed by atoms with van der Waals surface area (Å²) >= 11 is 0. The van der Waals surface area contributed by atoms with Crippen molar-refractivity contribution in [2.24, 2.45) is 5.16 Å². The molecular formula is C17H15BN2O6. The van der Waals surface area contributed by atoms with E-state index in [1.54, 1.807) is 42.5 Å². The van der Waals surface area contributed by atoms with E-state index in [2.05, 4.69) is 10.5 Å². The lowest BCUT2D eigenvalue weighted by Gasteiger charge is -2.28. The summed E-state index contributed by atoms with van der Waals surface area (Å²) in [5, 5.41) is 34.1. The van der Waals surface area contributed by atoms with Gasteiger partial charge in [-0.15, -0.1) is 0 Å². The minimum atomic E-state index is -1.44. The maximum Gasteiger partial charge on any atom is 0.547 e. The van der Waals surface area contributed by atoms with Crippen molar-refractivity contribution in [3.63, 3.8) is 0 Å². The number of hydrogen-bond donors (Lipinski definition) is 4. The third-order valence-corrected chi connectivity index (χ3v) is 4.03. The summed E-state index contributed by atoms with van der Waals surface area (Å²) in [6.07, 6.45) is 0.164. The van der Waals surface area contributed by atoms with E-state index in [-0.39, 0.29) is 23.4 Å². The molecule has 0 bridgehead atoms. The third kappa shape index (κ3) is 3.38. The Hall–Kier alpha value is -3.33. The Labute approximate surface area is 148 Å². The Morgan fingerprint density at radius 3 is 2.54 bits per heavy atom. The summed E-state index contributed by atoms with van der Waals surface area (Å²) in [5.41, 5.74) is 0.686. The Kier molecular flexibility index (Phi) is 4.90. The highest BCUT2D eigenvalue weighted by Gasteiger charge is 2.38. The number of rotatable bonds is 4. The second-order valence-electron chi connectivity index (χ2n) is 5.71. The van der Waals surface area contributed by atoms with Crippen molar-refractivity contribution < 1.29 is 29.6 Å². The normalized spacial score (nSPS) is 16.4. The number of hydrogen-bond acceptors (Lipinski definition) is 6. The molecule has 132 valence electrons. The number of nitrogens with one attached hydrogen (secondary N) is 1. The Bertz CT molecular complexity index is 871. The maximum atomic E-state index is 12.4. The van der Waals surface area contributed by atoms with Crippen molar-refractivity contribution in [2.45, 2.75) is 12.4 Å². The minimum Gasteiger partial charge on any atom is -0.534 e. The zero-order valence-electron chi connectivity index (χ0n) is 13.5. The summed E-state index contributed by atoms with van der Waals surface area (Å²) in [6, 6.07) is 12.9. The molecule has 1 amide bonds. The number of benzene rings is 2. The number of fused-ring (bicyclic) bond motifs is 1. The van der Waals surface area contributed by atoms with Crippen molar-refractivity contribution in [3.05, 3.63) is 65.2 Å². The summed E-state index contributed by atoms with van der Waals surface area (Å²) < 4.78 is 5.31. The topological polar surface area (TPSA) is 128 Å². The summed E-state index contributed by atoms with van der Waals surface area (Å²) in [4.78, 5) is 23.7. The fraction of sp³-hybridized carbons (Fsp3) is 0.118. The first-order valence-electron chi connectivity index (χ1n) is 7.79. The summed E-state index contributed by atoms with van der Waals surface area (Å²) in [7, 11) is -1.44. The van der Waals surface area contributed by atoms with Gasteiger partial charge in [0, 0.05) is 5.56 Å². The predicted molar refractivity (Wildman–Crippen MR) is 92.4 cm³/mol. The molecule has 0 spiro atoms. The molecule has 8 nitrogen and oxygen atoms in total. The Morgan fingerprint density at radius 1 is 1.15 bits per heavy atom. The average molecular weight is 354 g/mol. The van der Waals surface area contributed by atoms with Gasteiger partial charge in [0.05, 0.1) is 11.5 Å². The number of aromatic carboxylic acids is 1. The monoisotopic (exact) mass is 354 g/mol. The lowest BCUT2D eigenvalue weighted by Crippen LogP contribution is -2.54. The van der Waals surface area contributed by atoms with E-state index in [1.807, 2.05) is 0 Å². The lowest BCUT2D eigenvalue weighted by atomic mass is 9.72. The van der Waals surface area contributed by atoms with Crippen LogP contribution in [0.3, 0.4) is 0 Å². The number of nitrogens with zero attached hydrogens (tertiary/aromatic N) is 1. The summed E-state index contributed by atoms with van der Waals surface area (Å²) in [5.74, 6) is -2.61. The molecule has 4 N–H and O–H groups in total. The van der Waals surface area contributed by atoms with Crippen LogP contribution in [0.5, 0.6) is 5.75 Å².